The lowest BCUT2D eigenvalue weighted by Crippen LogP contribution is -2.43. The fourth-order valence-electron chi connectivity index (χ4n) is 14.7. The molecular formula is C106H102N18O6. The maximum Gasteiger partial charge on any atom is 0.341 e. The molecule has 24 heteroatoms. The monoisotopic (exact) mass is 1720 g/mol. The summed E-state index contributed by atoms with van der Waals surface area (Å²) < 4.78 is 12.3. The summed E-state index contributed by atoms with van der Waals surface area (Å²) in [4.78, 5) is 105. The van der Waals surface area contributed by atoms with Crippen molar-refractivity contribution in [3.05, 3.63) is 390 Å². The van der Waals surface area contributed by atoms with Gasteiger partial charge in [-0.2, -0.15) is 9.78 Å². The molecular weight excluding hydrogens is 1620 g/mol. The SMILES string of the molecule is CNC(=O)n1cc(C#Cc2cc(C(=O)Cc3cc(C)cc(-n4ccnc4)c3)ccc2C)cn1.Cc1cc(CC(=O)c2ccc(C)c(C#Cc3cnc(C(N)=O)n3C)c2)cc(-n2ccnc2)c1.Cc1cc(CC(=O)c2ccc(C)c(C#Cc3cncn3C)c2)cc(-n2cnc(C)c2)c1.Cc1ccc(C(=O)Cc2ccc(CN3CCN(C)CC3)c(C)c2)cc1C#Cc1cncn1C. The number of imidazole rings is 6. The molecule has 652 valence electrons. The molecule has 2 amide bonds. The van der Waals surface area contributed by atoms with Crippen LogP contribution in [0.15, 0.2) is 239 Å². The number of ketones is 4. The van der Waals surface area contributed by atoms with Crippen LogP contribution >= 0.6 is 0 Å². The second-order valence-corrected chi connectivity index (χ2v) is 32.7. The number of carbonyl (C=O) groups is 6. The molecule has 0 aliphatic carbocycles. The second-order valence-electron chi connectivity index (χ2n) is 32.7. The Hall–Kier alpha value is -16.0. The van der Waals surface area contributed by atoms with Gasteiger partial charge < -0.3 is 43.4 Å². The van der Waals surface area contributed by atoms with Crippen LogP contribution in [-0.4, -0.2) is 152 Å². The van der Waals surface area contributed by atoms with E-state index in [0.29, 0.717) is 46.4 Å². The Morgan fingerprint density at radius 3 is 1.22 bits per heavy atom. The van der Waals surface area contributed by atoms with Crippen LogP contribution in [0.4, 0.5) is 4.79 Å². The zero-order valence-corrected chi connectivity index (χ0v) is 75.6. The number of nitrogens with two attached hydrogens (primary N) is 1. The molecule has 1 saturated heterocycles. The summed E-state index contributed by atoms with van der Waals surface area (Å²) in [6, 6.07) is 47.1. The lowest BCUT2D eigenvalue weighted by molar-refractivity contribution is 0.0980. The van der Waals surface area contributed by atoms with Gasteiger partial charge in [-0.15, -0.1) is 0 Å². The standard InChI is InChI=1S/C28H32N4O.2C26H23N5O2.C26H24N4O/c1-21-5-7-25(17-24(21)9-10-27-18-29-20-31(27)4)28(33)16-23-6-8-26(22(2)15-23)19-32-13-11-30(3)12-14-32;1-18-10-21(12-24(11-18)30-9-8-28-17-30)13-25(32)23-6-4-19(2)22(14-23)7-5-20-15-29-31(16-20)26(33)27-3;1-17-10-19(12-23(11-17)31-9-8-28-16-31)13-24(32)21-5-4-18(2)20(14-21)6-7-22-15-29-26(25(27)33)30(22)3;1-18-9-21(11-25(10-18)30-15-20(3)28-17-30)12-26(31)23-6-5-19(2)22(13-23)7-8-24-14-27-16-29(24)4/h5-8,15,17-18,20H,11-14,16,19H2,1-4H3;4,6,8-12,14-17H,13H2,1-3H3,(H,27,33);4-5,8-12,14-16H,13H2,1-3H3,(H2,27,33);5-6,9-11,13-17H,12H2,1-4H3. The molecule has 24 nitrogen and oxygen atoms in total. The summed E-state index contributed by atoms with van der Waals surface area (Å²) >= 11 is 0. The molecule has 0 radical (unpaired) electrons. The molecule has 3 N–H and O–H groups in total. The maximum absolute atomic E-state index is 13.1. The Morgan fingerprint density at radius 2 is 0.831 bits per heavy atom. The largest absolute Gasteiger partial charge is 0.363 e. The molecule has 0 bridgehead atoms. The summed E-state index contributed by atoms with van der Waals surface area (Å²) in [5, 5.41) is 6.49. The third-order valence-corrected chi connectivity index (χ3v) is 22.2. The minimum atomic E-state index is -0.610. The number of primary amides is 1. The number of likely N-dealkylation sites (N-methyl/N-ethyl adjacent to an activating group) is 1. The number of benzene rings is 8. The number of hydrogen-bond acceptors (Lipinski definition) is 15. The molecule has 1 aliphatic rings. The van der Waals surface area contributed by atoms with Gasteiger partial charge in [0, 0.05) is 179 Å². The number of nitrogens with one attached hydrogen (secondary N) is 1. The fraction of sp³-hybridized carbons (Fsp3) is 0.217. The Kier molecular flexibility index (Phi) is 29.9. The number of aromatic nitrogens is 14. The van der Waals surface area contributed by atoms with E-state index in [1.807, 2.05) is 214 Å². The minimum absolute atomic E-state index is 0.0109. The van der Waals surface area contributed by atoms with E-state index in [2.05, 4.69) is 154 Å². The van der Waals surface area contributed by atoms with Crippen LogP contribution in [-0.2, 0) is 53.4 Å². The molecule has 0 spiro atoms. The zero-order valence-electron chi connectivity index (χ0n) is 75.6. The Bertz CT molecular complexity index is 7010. The van der Waals surface area contributed by atoms with Crippen LogP contribution in [0.25, 0.3) is 17.1 Å². The number of nitrogens with zero attached hydrogens (tertiary/aromatic N) is 16. The van der Waals surface area contributed by atoms with E-state index >= 15 is 0 Å². The normalized spacial score (nSPS) is 11.6. The van der Waals surface area contributed by atoms with Crippen LogP contribution in [0, 0.1) is 110 Å². The van der Waals surface area contributed by atoms with Crippen LogP contribution in [0.5, 0.6) is 0 Å². The molecule has 1 aliphatic heterocycles. The number of hydrogen-bond donors (Lipinski definition) is 2. The molecule has 8 heterocycles. The summed E-state index contributed by atoms with van der Waals surface area (Å²) in [7, 11) is 9.23. The highest BCUT2D eigenvalue weighted by atomic mass is 16.2. The van der Waals surface area contributed by atoms with Gasteiger partial charge in [0.15, 0.2) is 29.0 Å². The van der Waals surface area contributed by atoms with Gasteiger partial charge >= 0.3 is 6.03 Å². The van der Waals surface area contributed by atoms with Crippen LogP contribution in [0.1, 0.15) is 175 Å². The van der Waals surface area contributed by atoms with Crippen molar-refractivity contribution in [3.8, 4) is 64.4 Å². The number of aryl methyl sites for hydroxylation is 11. The molecule has 0 unspecified atom stereocenters. The molecule has 130 heavy (non-hydrogen) atoms. The smallest absolute Gasteiger partial charge is 0.341 e. The molecule has 8 aromatic carbocycles. The summed E-state index contributed by atoms with van der Waals surface area (Å²) in [6.07, 6.45) is 27.3. The van der Waals surface area contributed by atoms with E-state index in [1.54, 1.807) is 74.2 Å². The van der Waals surface area contributed by atoms with Gasteiger partial charge in [-0.1, -0.05) is 115 Å². The van der Waals surface area contributed by atoms with Gasteiger partial charge in [-0.05, 0) is 220 Å². The Labute approximate surface area is 758 Å². The van der Waals surface area contributed by atoms with Gasteiger partial charge in [0.25, 0.3) is 5.91 Å². The maximum atomic E-state index is 13.1. The molecule has 15 aromatic rings. The molecule has 0 atom stereocenters. The zero-order chi connectivity index (χ0) is 92.2. The molecule has 0 saturated carbocycles. The van der Waals surface area contributed by atoms with Crippen molar-refractivity contribution in [2.45, 2.75) is 94.5 Å². The molecule has 7 aromatic heterocycles. The lowest BCUT2D eigenvalue weighted by atomic mass is 9.96. The van der Waals surface area contributed by atoms with Crippen molar-refractivity contribution in [1.82, 2.24) is 82.2 Å². The van der Waals surface area contributed by atoms with Crippen LogP contribution in [0.3, 0.4) is 0 Å². The first-order valence-electron chi connectivity index (χ1n) is 42.5. The minimum Gasteiger partial charge on any atom is -0.363 e. The van der Waals surface area contributed by atoms with Crippen LogP contribution in [0.2, 0.25) is 0 Å². The van der Waals surface area contributed by atoms with Crippen LogP contribution < -0.4 is 11.1 Å². The highest BCUT2D eigenvalue weighted by Gasteiger charge is 2.20. The van der Waals surface area contributed by atoms with Gasteiger partial charge in [0.2, 0.25) is 0 Å². The van der Waals surface area contributed by atoms with Crippen molar-refractivity contribution in [1.29, 1.82) is 0 Å². The Morgan fingerprint density at radius 1 is 0.400 bits per heavy atom. The summed E-state index contributed by atoms with van der Waals surface area (Å²) in [6.45, 7) is 23.5. The number of carbonyl (C=O) groups excluding carboxylic acids is 6. The van der Waals surface area contributed by atoms with Gasteiger partial charge in [-0.3, -0.25) is 28.9 Å². The highest BCUT2D eigenvalue weighted by molar-refractivity contribution is 6.00. The van der Waals surface area contributed by atoms with Crippen molar-refractivity contribution in [3.63, 3.8) is 0 Å². The van der Waals surface area contributed by atoms with Gasteiger partial charge in [0.05, 0.1) is 73.9 Å². The number of Topliss-reactive ketones (excluding diaryl/α,β-unsaturated/α-hetero) is 4. The second kappa shape index (κ2) is 42.3. The van der Waals surface area contributed by atoms with Crippen molar-refractivity contribution in [2.24, 2.45) is 26.9 Å². The van der Waals surface area contributed by atoms with Gasteiger partial charge in [0.1, 0.15) is 17.1 Å². The highest BCUT2D eigenvalue weighted by Crippen LogP contribution is 2.25. The number of piperazine rings is 1. The first-order chi connectivity index (χ1) is 62.5. The third-order valence-electron chi connectivity index (χ3n) is 22.2. The number of amides is 2. The summed E-state index contributed by atoms with van der Waals surface area (Å²) in [5.41, 5.74) is 31.7. The molecule has 16 rings (SSSR count). The van der Waals surface area contributed by atoms with E-state index in [9.17, 15) is 28.8 Å². The van der Waals surface area contributed by atoms with E-state index < -0.39 is 5.91 Å². The van der Waals surface area contributed by atoms with E-state index in [-0.39, 0.29) is 47.8 Å². The van der Waals surface area contributed by atoms with E-state index in [0.717, 1.165) is 150 Å². The van der Waals surface area contributed by atoms with E-state index in [1.165, 1.54) is 35.3 Å². The van der Waals surface area contributed by atoms with Crippen molar-refractivity contribution < 1.29 is 28.8 Å². The summed E-state index contributed by atoms with van der Waals surface area (Å²) in [5.74, 6) is 24.6. The first-order valence-corrected chi connectivity index (χ1v) is 42.5. The predicted octanol–water partition coefficient (Wildman–Crippen LogP) is 14.8. The number of rotatable bonds is 18. The predicted molar refractivity (Wildman–Crippen MR) is 505 cm³/mol. The average molecular weight is 1720 g/mol. The molecule has 1 fully saturated rings. The van der Waals surface area contributed by atoms with Gasteiger partial charge in [-0.25, -0.2) is 34.7 Å². The quantitative estimate of drug-likeness (QED) is 0.0597. The van der Waals surface area contributed by atoms with E-state index in [4.69, 9.17) is 5.73 Å². The topological polar surface area (TPSA) is 272 Å². The van der Waals surface area contributed by atoms with Crippen molar-refractivity contribution in [2.75, 3.05) is 40.3 Å². The van der Waals surface area contributed by atoms with Crippen molar-refractivity contribution >= 4 is 35.1 Å². The lowest BCUT2D eigenvalue weighted by Gasteiger charge is -2.32. The fourth-order valence-corrected chi connectivity index (χ4v) is 14.7. The Balaban J connectivity index is 0.000000148. The third kappa shape index (κ3) is 24.4. The first kappa shape index (κ1) is 91.7. The average Bonchev–Trinajstić information content (AvgIpc) is 1.66.